The van der Waals surface area contributed by atoms with Gasteiger partial charge in [-0.3, -0.25) is 0 Å². The predicted molar refractivity (Wildman–Crippen MR) is 61.9 cm³/mol. The molecule has 1 aromatic rings. The summed E-state index contributed by atoms with van der Waals surface area (Å²) in [6.07, 6.45) is 2.66. The fraction of sp³-hybridized carbons (Fsp3) is 0.571. The largest absolute Gasteiger partial charge is 0.0617 e. The molecule has 0 amide bonds. The van der Waals surface area contributed by atoms with E-state index in [1.807, 2.05) is 0 Å². The van der Waals surface area contributed by atoms with Gasteiger partial charge in [0.05, 0.1) is 0 Å². The zero-order valence-electron chi connectivity index (χ0n) is 9.72. The summed E-state index contributed by atoms with van der Waals surface area (Å²) in [5.41, 5.74) is 5.05. The number of rotatable bonds is 0. The molecule has 0 radical (unpaired) electrons. The highest BCUT2D eigenvalue weighted by Gasteiger charge is 2.31. The maximum Gasteiger partial charge on any atom is -0.00979 e. The topological polar surface area (TPSA) is 0 Å². The second-order valence-electron chi connectivity index (χ2n) is 5.36. The summed E-state index contributed by atoms with van der Waals surface area (Å²) in [6, 6.07) is 6.76. The quantitative estimate of drug-likeness (QED) is 0.573. The molecule has 0 heteroatoms. The minimum absolute atomic E-state index is 0.382. The Labute approximate surface area is 87.3 Å². The van der Waals surface area contributed by atoms with Crippen LogP contribution in [0.2, 0.25) is 0 Å². The highest BCUT2D eigenvalue weighted by atomic mass is 14.4. The van der Waals surface area contributed by atoms with E-state index in [2.05, 4.69) is 45.9 Å². The van der Waals surface area contributed by atoms with E-state index >= 15 is 0 Å². The Bertz CT molecular complexity index is 347. The van der Waals surface area contributed by atoms with Gasteiger partial charge >= 0.3 is 0 Å². The van der Waals surface area contributed by atoms with E-state index in [1.165, 1.54) is 18.4 Å². The lowest BCUT2D eigenvalue weighted by atomic mass is 9.68. The van der Waals surface area contributed by atoms with E-state index < -0.39 is 0 Å². The summed E-state index contributed by atoms with van der Waals surface area (Å²) in [6.45, 7) is 9.36. The number of hydrogen-bond donors (Lipinski definition) is 0. The van der Waals surface area contributed by atoms with E-state index in [1.54, 1.807) is 11.1 Å². The Balaban J connectivity index is 2.64. The average molecular weight is 188 g/mol. The van der Waals surface area contributed by atoms with Crippen LogP contribution in [0.1, 0.15) is 56.2 Å². The molecule has 0 aliphatic heterocycles. The average Bonchev–Trinajstić information content (AvgIpc) is 2.12. The highest BCUT2D eigenvalue weighted by Crippen LogP contribution is 2.43. The summed E-state index contributed by atoms with van der Waals surface area (Å²) >= 11 is 0. The first kappa shape index (κ1) is 9.76. The third-order valence-electron chi connectivity index (χ3n) is 3.72. The van der Waals surface area contributed by atoms with Crippen LogP contribution in [-0.2, 0) is 5.41 Å². The molecule has 0 aromatic heterocycles. The number of fused-ring (bicyclic) bond motifs is 1. The van der Waals surface area contributed by atoms with Crippen LogP contribution in [0.25, 0.3) is 0 Å². The smallest absolute Gasteiger partial charge is 0.00979 e. The molecule has 76 valence electrons. The van der Waals surface area contributed by atoms with Crippen LogP contribution in [0.15, 0.2) is 18.2 Å². The number of hydrogen-bond acceptors (Lipinski definition) is 0. The molecule has 0 spiro atoms. The minimum Gasteiger partial charge on any atom is -0.0617 e. The van der Waals surface area contributed by atoms with Crippen molar-refractivity contribution in [1.29, 1.82) is 0 Å². The molecule has 1 aliphatic rings. The lowest BCUT2D eigenvalue weighted by Gasteiger charge is -2.37. The van der Waals surface area contributed by atoms with Crippen molar-refractivity contribution in [2.75, 3.05) is 0 Å². The first-order chi connectivity index (χ1) is 6.52. The summed E-state index contributed by atoms with van der Waals surface area (Å²) in [7, 11) is 0. The molecule has 2 rings (SSSR count). The van der Waals surface area contributed by atoms with Gasteiger partial charge in [0.25, 0.3) is 0 Å². The first-order valence-corrected chi connectivity index (χ1v) is 5.62. The van der Waals surface area contributed by atoms with Crippen molar-refractivity contribution < 1.29 is 0 Å². The van der Waals surface area contributed by atoms with E-state index in [0.717, 1.165) is 5.92 Å². The fourth-order valence-electron chi connectivity index (χ4n) is 2.88. The summed E-state index contributed by atoms with van der Waals surface area (Å²) < 4.78 is 0. The molecule has 14 heavy (non-hydrogen) atoms. The third kappa shape index (κ3) is 1.37. The van der Waals surface area contributed by atoms with Crippen molar-refractivity contribution in [3.63, 3.8) is 0 Å². The maximum absolute atomic E-state index is 2.38. The van der Waals surface area contributed by atoms with Crippen LogP contribution in [-0.4, -0.2) is 0 Å². The Kier molecular flexibility index (Phi) is 2.17. The van der Waals surface area contributed by atoms with Crippen molar-refractivity contribution >= 4 is 0 Å². The van der Waals surface area contributed by atoms with Crippen molar-refractivity contribution in [3.8, 4) is 0 Å². The molecule has 1 aromatic carbocycles. The molecule has 0 bridgehead atoms. The second-order valence-corrected chi connectivity index (χ2v) is 5.36. The van der Waals surface area contributed by atoms with E-state index in [0.29, 0.717) is 5.41 Å². The summed E-state index contributed by atoms with van der Waals surface area (Å²) in [5, 5.41) is 0. The zero-order valence-corrected chi connectivity index (χ0v) is 9.72. The van der Waals surface area contributed by atoms with Gasteiger partial charge in [-0.15, -0.1) is 0 Å². The van der Waals surface area contributed by atoms with Crippen LogP contribution < -0.4 is 0 Å². The fourth-order valence-corrected chi connectivity index (χ4v) is 2.88. The predicted octanol–water partition coefficient (Wildman–Crippen LogP) is 4.17. The zero-order chi connectivity index (χ0) is 10.3. The molecule has 1 unspecified atom stereocenters. The van der Waals surface area contributed by atoms with Crippen LogP contribution in [0.4, 0.5) is 0 Å². The van der Waals surface area contributed by atoms with Crippen LogP contribution in [0.5, 0.6) is 0 Å². The molecule has 1 atom stereocenters. The summed E-state index contributed by atoms with van der Waals surface area (Å²) in [4.78, 5) is 0. The van der Waals surface area contributed by atoms with Crippen molar-refractivity contribution in [3.05, 3.63) is 34.9 Å². The highest BCUT2D eigenvalue weighted by molar-refractivity contribution is 5.43. The van der Waals surface area contributed by atoms with Gasteiger partial charge < -0.3 is 0 Å². The Morgan fingerprint density at radius 3 is 2.64 bits per heavy atom. The summed E-state index contributed by atoms with van der Waals surface area (Å²) in [5.74, 6) is 0.748. The van der Waals surface area contributed by atoms with Gasteiger partial charge in [-0.1, -0.05) is 39.0 Å². The molecular formula is C14H20. The molecular weight excluding hydrogens is 168 g/mol. The normalized spacial score (nSPS) is 24.4. The Morgan fingerprint density at radius 1 is 1.29 bits per heavy atom. The van der Waals surface area contributed by atoms with Crippen molar-refractivity contribution in [1.82, 2.24) is 0 Å². The van der Waals surface area contributed by atoms with Gasteiger partial charge in [-0.25, -0.2) is 0 Å². The molecule has 0 fully saturated rings. The van der Waals surface area contributed by atoms with Gasteiger partial charge in [0, 0.05) is 0 Å². The maximum atomic E-state index is 2.38. The Hall–Kier alpha value is -0.780. The van der Waals surface area contributed by atoms with Crippen molar-refractivity contribution in [2.45, 2.75) is 51.9 Å². The van der Waals surface area contributed by atoms with E-state index in [4.69, 9.17) is 0 Å². The Morgan fingerprint density at radius 2 is 2.00 bits per heavy atom. The monoisotopic (exact) mass is 188 g/mol. The van der Waals surface area contributed by atoms with Gasteiger partial charge in [0.2, 0.25) is 0 Å². The SMILES string of the molecule is Cc1cccc2c1C(C)(C)CCC2C. The standard InChI is InChI=1S/C14H20/c1-10-8-9-14(3,4)13-11(2)6-5-7-12(10)13/h5-7,10H,8-9H2,1-4H3. The number of aryl methyl sites for hydroxylation is 1. The van der Waals surface area contributed by atoms with Crippen molar-refractivity contribution in [2.24, 2.45) is 0 Å². The van der Waals surface area contributed by atoms with Crippen LogP contribution in [0.3, 0.4) is 0 Å². The molecule has 0 heterocycles. The lowest BCUT2D eigenvalue weighted by Crippen LogP contribution is -2.26. The van der Waals surface area contributed by atoms with E-state index in [9.17, 15) is 0 Å². The molecule has 1 aliphatic carbocycles. The molecule has 0 nitrogen and oxygen atoms in total. The minimum atomic E-state index is 0.382. The van der Waals surface area contributed by atoms with Gasteiger partial charge in [-0.2, -0.15) is 0 Å². The molecule has 0 saturated carbocycles. The molecule has 0 saturated heterocycles. The molecule has 0 N–H and O–H groups in total. The van der Waals surface area contributed by atoms with Gasteiger partial charge in [-0.05, 0) is 47.8 Å². The van der Waals surface area contributed by atoms with Crippen LogP contribution >= 0.6 is 0 Å². The van der Waals surface area contributed by atoms with Crippen LogP contribution in [0, 0.1) is 6.92 Å². The second kappa shape index (κ2) is 3.12. The van der Waals surface area contributed by atoms with Gasteiger partial charge in [0.15, 0.2) is 0 Å². The van der Waals surface area contributed by atoms with E-state index in [-0.39, 0.29) is 0 Å². The lowest BCUT2D eigenvalue weighted by molar-refractivity contribution is 0.400. The third-order valence-corrected chi connectivity index (χ3v) is 3.72. The van der Waals surface area contributed by atoms with Gasteiger partial charge in [0.1, 0.15) is 0 Å². The number of benzene rings is 1. The first-order valence-electron chi connectivity index (χ1n) is 5.62.